The first-order valence-electron chi connectivity index (χ1n) is 5.27. The molecule has 5 heteroatoms. The molecule has 1 aliphatic rings. The first kappa shape index (κ1) is 12.1. The first-order valence-corrected chi connectivity index (χ1v) is 6.88. The quantitative estimate of drug-likeness (QED) is 0.901. The van der Waals surface area contributed by atoms with Crippen LogP contribution >= 0.6 is 27.3 Å². The fraction of sp³-hybridized carbons (Fsp3) is 0.545. The number of hydrogen-bond donors (Lipinski definition) is 2. The predicted octanol–water partition coefficient (Wildman–Crippen LogP) is 2.46. The highest BCUT2D eigenvalue weighted by Gasteiger charge is 2.34. The van der Waals surface area contributed by atoms with Crippen molar-refractivity contribution >= 4 is 33.2 Å². The molecule has 1 aromatic heterocycles. The van der Waals surface area contributed by atoms with Gasteiger partial charge in [0.05, 0.1) is 14.3 Å². The standard InChI is InChI=1S/C11H14BrNO2S/c1-7-5-8(16-9(7)12)10(14)13-6-11(15)3-2-4-11/h5,15H,2-4,6H2,1H3,(H,13,14). The van der Waals surface area contributed by atoms with Gasteiger partial charge in [-0.3, -0.25) is 4.79 Å². The van der Waals surface area contributed by atoms with Crippen LogP contribution in [0, 0.1) is 6.92 Å². The van der Waals surface area contributed by atoms with Crippen molar-refractivity contribution in [1.29, 1.82) is 0 Å². The van der Waals surface area contributed by atoms with Gasteiger partial charge >= 0.3 is 0 Å². The molecular weight excluding hydrogens is 290 g/mol. The largest absolute Gasteiger partial charge is 0.388 e. The van der Waals surface area contributed by atoms with Crippen LogP contribution in [0.3, 0.4) is 0 Å². The van der Waals surface area contributed by atoms with Gasteiger partial charge in [0.15, 0.2) is 0 Å². The molecule has 1 fully saturated rings. The summed E-state index contributed by atoms with van der Waals surface area (Å²) in [6, 6.07) is 1.86. The number of carbonyl (C=O) groups is 1. The van der Waals surface area contributed by atoms with Gasteiger partial charge in [-0.2, -0.15) is 0 Å². The van der Waals surface area contributed by atoms with Gasteiger partial charge in [-0.25, -0.2) is 0 Å². The van der Waals surface area contributed by atoms with E-state index in [-0.39, 0.29) is 5.91 Å². The lowest BCUT2D eigenvalue weighted by Gasteiger charge is -2.36. The van der Waals surface area contributed by atoms with Crippen LogP contribution in [0.2, 0.25) is 0 Å². The van der Waals surface area contributed by atoms with Gasteiger partial charge in [0.25, 0.3) is 5.91 Å². The zero-order chi connectivity index (χ0) is 11.8. The minimum Gasteiger partial charge on any atom is -0.388 e. The third-order valence-electron chi connectivity index (χ3n) is 2.94. The van der Waals surface area contributed by atoms with E-state index < -0.39 is 5.60 Å². The van der Waals surface area contributed by atoms with Crippen LogP contribution in [-0.2, 0) is 0 Å². The normalized spacial score (nSPS) is 17.9. The fourth-order valence-corrected chi connectivity index (χ4v) is 3.12. The lowest BCUT2D eigenvalue weighted by Crippen LogP contribution is -2.47. The molecule has 0 spiro atoms. The Kier molecular flexibility index (Phi) is 3.37. The van der Waals surface area contributed by atoms with Crippen molar-refractivity contribution in [3.05, 3.63) is 20.3 Å². The Labute approximate surface area is 107 Å². The van der Waals surface area contributed by atoms with Gasteiger partial charge in [0.1, 0.15) is 0 Å². The van der Waals surface area contributed by atoms with Gasteiger partial charge in [0, 0.05) is 6.54 Å². The Balaban J connectivity index is 1.93. The predicted molar refractivity (Wildman–Crippen MR) is 67.9 cm³/mol. The Morgan fingerprint density at radius 3 is 2.81 bits per heavy atom. The summed E-state index contributed by atoms with van der Waals surface area (Å²) >= 11 is 4.81. The molecule has 1 amide bonds. The molecule has 1 saturated carbocycles. The summed E-state index contributed by atoms with van der Waals surface area (Å²) in [6.07, 6.45) is 2.64. The van der Waals surface area contributed by atoms with Gasteiger partial charge in [-0.1, -0.05) is 0 Å². The second-order valence-electron chi connectivity index (χ2n) is 4.33. The number of nitrogens with one attached hydrogen (secondary N) is 1. The molecule has 1 aliphatic carbocycles. The number of carbonyl (C=O) groups excluding carboxylic acids is 1. The number of aryl methyl sites for hydroxylation is 1. The maximum Gasteiger partial charge on any atom is 0.261 e. The molecule has 88 valence electrons. The molecule has 0 aromatic carbocycles. The van der Waals surface area contributed by atoms with Crippen LogP contribution in [0.15, 0.2) is 9.85 Å². The van der Waals surface area contributed by atoms with E-state index in [0.717, 1.165) is 28.6 Å². The molecule has 0 radical (unpaired) electrons. The third-order valence-corrected chi connectivity index (χ3v) is 5.08. The molecule has 16 heavy (non-hydrogen) atoms. The van der Waals surface area contributed by atoms with Crippen molar-refractivity contribution in [3.8, 4) is 0 Å². The first-order chi connectivity index (χ1) is 7.50. The van der Waals surface area contributed by atoms with E-state index in [2.05, 4.69) is 21.2 Å². The molecule has 0 saturated heterocycles. The van der Waals surface area contributed by atoms with Gasteiger partial charge in [-0.15, -0.1) is 11.3 Å². The zero-order valence-corrected chi connectivity index (χ0v) is 11.4. The molecule has 1 aromatic rings. The Bertz CT molecular complexity index is 393. The average molecular weight is 304 g/mol. The van der Waals surface area contributed by atoms with Crippen LogP contribution in [0.25, 0.3) is 0 Å². The highest BCUT2D eigenvalue weighted by atomic mass is 79.9. The summed E-state index contributed by atoms with van der Waals surface area (Å²) in [5.74, 6) is -0.0980. The van der Waals surface area contributed by atoms with Gasteiger partial charge in [-0.05, 0) is 53.7 Å². The summed E-state index contributed by atoms with van der Waals surface area (Å²) in [5.41, 5.74) is 0.414. The molecule has 2 N–H and O–H groups in total. The lowest BCUT2D eigenvalue weighted by molar-refractivity contribution is -0.0300. The van der Waals surface area contributed by atoms with E-state index in [1.807, 2.05) is 13.0 Å². The minimum atomic E-state index is -0.654. The van der Waals surface area contributed by atoms with Crippen molar-refractivity contribution in [3.63, 3.8) is 0 Å². The number of hydrogen-bond acceptors (Lipinski definition) is 3. The molecule has 0 aliphatic heterocycles. The number of aliphatic hydroxyl groups is 1. The highest BCUT2D eigenvalue weighted by molar-refractivity contribution is 9.11. The number of amides is 1. The summed E-state index contributed by atoms with van der Waals surface area (Å²) in [4.78, 5) is 12.5. The summed E-state index contributed by atoms with van der Waals surface area (Å²) in [6.45, 7) is 2.32. The van der Waals surface area contributed by atoms with E-state index >= 15 is 0 Å². The maximum absolute atomic E-state index is 11.8. The second-order valence-corrected chi connectivity index (χ2v) is 6.70. The SMILES string of the molecule is Cc1cc(C(=O)NCC2(O)CCC2)sc1Br. The van der Waals surface area contributed by atoms with Crippen LogP contribution in [0.5, 0.6) is 0 Å². The summed E-state index contributed by atoms with van der Waals surface area (Å²) < 4.78 is 0.986. The molecular formula is C11H14BrNO2S. The van der Waals surface area contributed by atoms with Crippen molar-refractivity contribution in [1.82, 2.24) is 5.32 Å². The molecule has 3 nitrogen and oxygen atoms in total. The number of thiophene rings is 1. The monoisotopic (exact) mass is 303 g/mol. The van der Waals surface area contributed by atoms with Crippen LogP contribution in [0.4, 0.5) is 0 Å². The van der Waals surface area contributed by atoms with Crippen molar-refractivity contribution in [2.24, 2.45) is 0 Å². The smallest absolute Gasteiger partial charge is 0.261 e. The maximum atomic E-state index is 11.8. The number of rotatable bonds is 3. The van der Waals surface area contributed by atoms with Crippen LogP contribution < -0.4 is 5.32 Å². The average Bonchev–Trinajstić information content (AvgIpc) is 2.53. The van der Waals surface area contributed by atoms with Crippen molar-refractivity contribution < 1.29 is 9.90 Å². The molecule has 0 bridgehead atoms. The zero-order valence-electron chi connectivity index (χ0n) is 9.05. The highest BCUT2D eigenvalue weighted by Crippen LogP contribution is 2.31. The molecule has 1 heterocycles. The number of halogens is 1. The van der Waals surface area contributed by atoms with E-state index in [0.29, 0.717) is 11.4 Å². The van der Waals surface area contributed by atoms with Gasteiger partial charge < -0.3 is 10.4 Å². The molecule has 0 unspecified atom stereocenters. The Morgan fingerprint density at radius 2 is 2.38 bits per heavy atom. The summed E-state index contributed by atoms with van der Waals surface area (Å²) in [5, 5.41) is 12.6. The summed E-state index contributed by atoms with van der Waals surface area (Å²) in [7, 11) is 0. The van der Waals surface area contributed by atoms with Crippen LogP contribution in [-0.4, -0.2) is 23.2 Å². The van der Waals surface area contributed by atoms with E-state index in [4.69, 9.17) is 0 Å². The van der Waals surface area contributed by atoms with E-state index in [1.165, 1.54) is 11.3 Å². The Morgan fingerprint density at radius 1 is 1.69 bits per heavy atom. The third kappa shape index (κ3) is 2.47. The van der Waals surface area contributed by atoms with Gasteiger partial charge in [0.2, 0.25) is 0 Å². The van der Waals surface area contributed by atoms with Crippen molar-refractivity contribution in [2.75, 3.05) is 6.54 Å². The second kappa shape index (κ2) is 4.47. The fourth-order valence-electron chi connectivity index (χ4n) is 1.67. The van der Waals surface area contributed by atoms with Crippen LogP contribution in [0.1, 0.15) is 34.5 Å². The Hall–Kier alpha value is -0.390. The van der Waals surface area contributed by atoms with E-state index in [1.54, 1.807) is 0 Å². The van der Waals surface area contributed by atoms with Crippen molar-refractivity contribution in [2.45, 2.75) is 31.8 Å². The van der Waals surface area contributed by atoms with E-state index in [9.17, 15) is 9.90 Å². The topological polar surface area (TPSA) is 49.3 Å². The minimum absolute atomic E-state index is 0.0980. The lowest BCUT2D eigenvalue weighted by atomic mass is 9.80. The molecule has 2 rings (SSSR count). The molecule has 0 atom stereocenters.